The van der Waals surface area contributed by atoms with Gasteiger partial charge >= 0.3 is 0 Å². The van der Waals surface area contributed by atoms with Gasteiger partial charge < -0.3 is 10.4 Å². The maximum atomic E-state index is 11.4. The average Bonchev–Trinajstić information content (AvgIpc) is 2.95. The second-order valence-corrected chi connectivity index (χ2v) is 3.97. The van der Waals surface area contributed by atoms with Crippen molar-refractivity contribution >= 4 is 5.91 Å². The molecule has 1 saturated carbocycles. The molecule has 1 aromatic rings. The van der Waals surface area contributed by atoms with E-state index < -0.39 is 0 Å². The molecule has 1 aromatic heterocycles. The molecule has 1 aliphatic rings. The normalized spacial score (nSPS) is 17.4. The first-order valence-electron chi connectivity index (χ1n) is 5.18. The molecular formula is C10H15N3O2. The Morgan fingerprint density at radius 1 is 1.73 bits per heavy atom. The molecule has 3 N–H and O–H groups in total. The summed E-state index contributed by atoms with van der Waals surface area (Å²) in [5.41, 5.74) is 0.786. The Morgan fingerprint density at radius 2 is 2.53 bits per heavy atom. The summed E-state index contributed by atoms with van der Waals surface area (Å²) >= 11 is 0. The van der Waals surface area contributed by atoms with Gasteiger partial charge in [0.05, 0.1) is 12.5 Å². The zero-order valence-electron chi connectivity index (χ0n) is 8.44. The van der Waals surface area contributed by atoms with Crippen molar-refractivity contribution in [1.82, 2.24) is 15.5 Å². The van der Waals surface area contributed by atoms with E-state index in [1.807, 2.05) is 0 Å². The van der Waals surface area contributed by atoms with Crippen LogP contribution in [-0.4, -0.2) is 33.9 Å². The number of hydrogen-bond donors (Lipinski definition) is 3. The quantitative estimate of drug-likeness (QED) is 0.630. The number of nitrogens with one attached hydrogen (secondary N) is 2. The topological polar surface area (TPSA) is 78.0 Å². The van der Waals surface area contributed by atoms with Crippen LogP contribution in [0.5, 0.6) is 0 Å². The lowest BCUT2D eigenvalue weighted by atomic mass is 10.2. The van der Waals surface area contributed by atoms with Crippen molar-refractivity contribution in [2.75, 3.05) is 6.54 Å². The third-order valence-electron chi connectivity index (χ3n) is 2.58. The Hall–Kier alpha value is -1.36. The molecule has 1 aliphatic carbocycles. The largest absolute Gasteiger partial charge is 0.391 e. The number of H-pyrrole nitrogens is 1. The molecule has 5 heteroatoms. The molecule has 1 atom stereocenters. The first-order valence-corrected chi connectivity index (χ1v) is 5.18. The summed E-state index contributed by atoms with van der Waals surface area (Å²) in [6.07, 6.45) is 3.68. The minimum absolute atomic E-state index is 0.0843. The minimum Gasteiger partial charge on any atom is -0.391 e. The second kappa shape index (κ2) is 4.44. The van der Waals surface area contributed by atoms with Gasteiger partial charge in [0.1, 0.15) is 0 Å². The van der Waals surface area contributed by atoms with E-state index in [0.717, 1.165) is 18.5 Å². The Balaban J connectivity index is 1.68. The van der Waals surface area contributed by atoms with Gasteiger partial charge in [-0.25, -0.2) is 0 Å². The summed E-state index contributed by atoms with van der Waals surface area (Å²) in [7, 11) is 0. The van der Waals surface area contributed by atoms with Crippen LogP contribution in [0.2, 0.25) is 0 Å². The number of aromatic amines is 1. The van der Waals surface area contributed by atoms with Gasteiger partial charge in [0, 0.05) is 18.4 Å². The first-order chi connectivity index (χ1) is 7.25. The lowest BCUT2D eigenvalue weighted by Gasteiger charge is -2.09. The fraction of sp³-hybridized carbons (Fsp3) is 0.600. The predicted octanol–water partition coefficient (Wildman–Crippen LogP) is -0.161. The van der Waals surface area contributed by atoms with E-state index in [1.165, 1.54) is 0 Å². The van der Waals surface area contributed by atoms with Crippen molar-refractivity contribution in [3.05, 3.63) is 18.0 Å². The van der Waals surface area contributed by atoms with E-state index >= 15 is 0 Å². The van der Waals surface area contributed by atoms with Gasteiger partial charge in [0.2, 0.25) is 5.91 Å². The van der Waals surface area contributed by atoms with E-state index in [-0.39, 0.29) is 18.4 Å². The molecule has 1 heterocycles. The number of nitrogens with zero attached hydrogens (tertiary/aromatic N) is 1. The molecule has 2 rings (SSSR count). The maximum absolute atomic E-state index is 11.4. The van der Waals surface area contributed by atoms with Crippen molar-refractivity contribution in [2.45, 2.75) is 25.4 Å². The fourth-order valence-corrected chi connectivity index (χ4v) is 1.48. The van der Waals surface area contributed by atoms with Crippen LogP contribution in [0.25, 0.3) is 0 Å². The van der Waals surface area contributed by atoms with E-state index in [0.29, 0.717) is 12.5 Å². The molecule has 0 spiro atoms. The number of rotatable bonds is 5. The number of aliphatic hydroxyl groups is 1. The average molecular weight is 209 g/mol. The molecule has 1 fully saturated rings. The van der Waals surface area contributed by atoms with Gasteiger partial charge in [-0.3, -0.25) is 9.89 Å². The summed E-state index contributed by atoms with van der Waals surface area (Å²) in [6.45, 7) is 0.359. The van der Waals surface area contributed by atoms with Gasteiger partial charge in [0.15, 0.2) is 0 Å². The number of carbonyl (C=O) groups excluding carboxylic acids is 1. The molecule has 1 amide bonds. The van der Waals surface area contributed by atoms with E-state index in [9.17, 15) is 9.90 Å². The molecule has 0 aromatic carbocycles. The maximum Gasteiger partial charge on any atom is 0.226 e. The Labute approximate surface area is 87.9 Å². The third kappa shape index (κ3) is 3.06. The van der Waals surface area contributed by atoms with Crippen molar-refractivity contribution in [3.8, 4) is 0 Å². The summed E-state index contributed by atoms with van der Waals surface area (Å²) < 4.78 is 0. The lowest BCUT2D eigenvalue weighted by Crippen LogP contribution is -2.34. The molecule has 0 bridgehead atoms. The standard InChI is InChI=1S/C10H15N3O2/c14-9(7-1-2-7)6-11-10(15)5-8-3-4-12-13-8/h3-4,7,9,14H,1-2,5-6H2,(H,11,15)(H,12,13). The predicted molar refractivity (Wildman–Crippen MR) is 54.0 cm³/mol. The lowest BCUT2D eigenvalue weighted by molar-refractivity contribution is -0.121. The zero-order chi connectivity index (χ0) is 10.7. The molecule has 15 heavy (non-hydrogen) atoms. The fourth-order valence-electron chi connectivity index (χ4n) is 1.48. The molecule has 0 radical (unpaired) electrons. The van der Waals surface area contributed by atoms with Gasteiger partial charge in [-0.2, -0.15) is 5.10 Å². The van der Waals surface area contributed by atoms with Crippen LogP contribution in [-0.2, 0) is 11.2 Å². The highest BCUT2D eigenvalue weighted by Gasteiger charge is 2.29. The van der Waals surface area contributed by atoms with Gasteiger partial charge in [0.25, 0.3) is 0 Å². The summed E-state index contributed by atoms with van der Waals surface area (Å²) in [6, 6.07) is 1.76. The molecule has 1 unspecified atom stereocenters. The Morgan fingerprint density at radius 3 is 3.13 bits per heavy atom. The SMILES string of the molecule is O=C(Cc1ccn[nH]1)NCC(O)C1CC1. The Kier molecular flexibility index (Phi) is 3.01. The first kappa shape index (κ1) is 10.2. The van der Waals surface area contributed by atoms with Crippen molar-refractivity contribution in [1.29, 1.82) is 0 Å². The highest BCUT2D eigenvalue weighted by molar-refractivity contribution is 5.78. The van der Waals surface area contributed by atoms with E-state index in [4.69, 9.17) is 0 Å². The molecular weight excluding hydrogens is 194 g/mol. The third-order valence-corrected chi connectivity index (χ3v) is 2.58. The van der Waals surface area contributed by atoms with Crippen LogP contribution in [0, 0.1) is 5.92 Å². The summed E-state index contributed by atoms with van der Waals surface area (Å²) in [5.74, 6) is 0.316. The molecule has 0 saturated heterocycles. The summed E-state index contributed by atoms with van der Waals surface area (Å²) in [4.78, 5) is 11.4. The number of aliphatic hydroxyl groups excluding tert-OH is 1. The number of aromatic nitrogens is 2. The Bertz CT molecular complexity index is 319. The number of amides is 1. The van der Waals surface area contributed by atoms with E-state index in [1.54, 1.807) is 12.3 Å². The van der Waals surface area contributed by atoms with Crippen molar-refractivity contribution < 1.29 is 9.90 Å². The number of hydrogen-bond acceptors (Lipinski definition) is 3. The van der Waals surface area contributed by atoms with Crippen LogP contribution in [0.4, 0.5) is 0 Å². The van der Waals surface area contributed by atoms with Crippen molar-refractivity contribution in [2.24, 2.45) is 5.92 Å². The molecule has 5 nitrogen and oxygen atoms in total. The van der Waals surface area contributed by atoms with Crippen LogP contribution in [0.15, 0.2) is 12.3 Å². The molecule has 82 valence electrons. The minimum atomic E-state index is -0.379. The monoisotopic (exact) mass is 209 g/mol. The highest BCUT2D eigenvalue weighted by atomic mass is 16.3. The molecule has 0 aliphatic heterocycles. The zero-order valence-corrected chi connectivity index (χ0v) is 8.44. The van der Waals surface area contributed by atoms with Crippen LogP contribution in [0.3, 0.4) is 0 Å². The van der Waals surface area contributed by atoms with Gasteiger partial charge in [-0.15, -0.1) is 0 Å². The van der Waals surface area contributed by atoms with Crippen molar-refractivity contribution in [3.63, 3.8) is 0 Å². The van der Waals surface area contributed by atoms with Gasteiger partial charge in [-0.05, 0) is 24.8 Å². The number of carbonyl (C=O) groups is 1. The van der Waals surface area contributed by atoms with Crippen LogP contribution in [0.1, 0.15) is 18.5 Å². The van der Waals surface area contributed by atoms with Crippen LogP contribution >= 0.6 is 0 Å². The van der Waals surface area contributed by atoms with Crippen LogP contribution < -0.4 is 5.32 Å². The van der Waals surface area contributed by atoms with E-state index in [2.05, 4.69) is 15.5 Å². The highest BCUT2D eigenvalue weighted by Crippen LogP contribution is 2.32. The smallest absolute Gasteiger partial charge is 0.226 e. The summed E-state index contributed by atoms with van der Waals surface area (Å²) in [5, 5.41) is 18.7. The second-order valence-electron chi connectivity index (χ2n) is 3.97. The van der Waals surface area contributed by atoms with Gasteiger partial charge in [-0.1, -0.05) is 0 Å².